The fraction of sp³-hybridized carbons (Fsp3) is 0.462. The van der Waals surface area contributed by atoms with Gasteiger partial charge in [0.05, 0.1) is 0 Å². The topological polar surface area (TPSA) is 49.4 Å². The van der Waals surface area contributed by atoms with Crippen molar-refractivity contribution in [3.63, 3.8) is 0 Å². The highest BCUT2D eigenvalue weighted by Crippen LogP contribution is 2.13. The molecule has 2 rings (SSSR count). The first kappa shape index (κ1) is 23.7. The van der Waals surface area contributed by atoms with Crippen LogP contribution in [0.4, 0.5) is 0 Å². The standard InChI is InChI=1S/C26H36N2O2/c1-4-19-27-26(30)24(6-3)28(20-18-22-10-8-7-9-11-22)25(29)17-16-23-14-12-21(5-2)13-15-23/h7-15,24H,4-6,16-20H2,1-3H3,(H,27,30). The molecule has 1 atom stereocenters. The fourth-order valence-electron chi connectivity index (χ4n) is 3.60. The lowest BCUT2D eigenvalue weighted by Gasteiger charge is -2.30. The molecule has 0 aliphatic rings. The highest BCUT2D eigenvalue weighted by atomic mass is 16.2. The van der Waals surface area contributed by atoms with E-state index in [0.29, 0.717) is 32.4 Å². The largest absolute Gasteiger partial charge is 0.354 e. The average Bonchev–Trinajstić information content (AvgIpc) is 2.79. The van der Waals surface area contributed by atoms with E-state index >= 15 is 0 Å². The molecule has 0 heterocycles. The molecular formula is C26H36N2O2. The minimum atomic E-state index is -0.421. The molecule has 2 amide bonds. The number of carbonyl (C=O) groups is 2. The predicted octanol–water partition coefficient (Wildman–Crippen LogP) is 4.56. The number of nitrogens with one attached hydrogen (secondary N) is 1. The summed E-state index contributed by atoms with van der Waals surface area (Å²) in [6.07, 6.45) is 4.36. The average molecular weight is 409 g/mol. The molecule has 1 N–H and O–H groups in total. The normalized spacial score (nSPS) is 11.7. The smallest absolute Gasteiger partial charge is 0.242 e. The molecule has 4 heteroatoms. The van der Waals surface area contributed by atoms with Crippen molar-refractivity contribution < 1.29 is 9.59 Å². The zero-order valence-corrected chi connectivity index (χ0v) is 18.7. The van der Waals surface area contributed by atoms with Crippen LogP contribution in [0, 0.1) is 0 Å². The minimum Gasteiger partial charge on any atom is -0.354 e. The van der Waals surface area contributed by atoms with Gasteiger partial charge in [-0.2, -0.15) is 0 Å². The number of nitrogens with zero attached hydrogens (tertiary/aromatic N) is 1. The molecule has 0 bridgehead atoms. The highest BCUT2D eigenvalue weighted by Gasteiger charge is 2.27. The first-order valence-electron chi connectivity index (χ1n) is 11.3. The van der Waals surface area contributed by atoms with Crippen LogP contribution in [0.25, 0.3) is 0 Å². The zero-order valence-electron chi connectivity index (χ0n) is 18.7. The van der Waals surface area contributed by atoms with Crippen LogP contribution >= 0.6 is 0 Å². The fourth-order valence-corrected chi connectivity index (χ4v) is 3.60. The van der Waals surface area contributed by atoms with E-state index in [1.54, 1.807) is 4.90 Å². The Morgan fingerprint density at radius 2 is 1.50 bits per heavy atom. The van der Waals surface area contributed by atoms with Crippen molar-refractivity contribution in [1.29, 1.82) is 0 Å². The molecule has 0 aliphatic heterocycles. The number of carbonyl (C=O) groups excluding carboxylic acids is 2. The molecule has 1 unspecified atom stereocenters. The summed E-state index contributed by atoms with van der Waals surface area (Å²) >= 11 is 0. The van der Waals surface area contributed by atoms with Gasteiger partial charge in [0.15, 0.2) is 0 Å². The van der Waals surface area contributed by atoms with Crippen molar-refractivity contribution in [2.75, 3.05) is 13.1 Å². The Bertz CT molecular complexity index is 771. The predicted molar refractivity (Wildman–Crippen MR) is 123 cm³/mol. The van der Waals surface area contributed by atoms with Crippen LogP contribution in [0.5, 0.6) is 0 Å². The number of benzene rings is 2. The van der Waals surface area contributed by atoms with Crippen LogP contribution in [0.3, 0.4) is 0 Å². The molecule has 30 heavy (non-hydrogen) atoms. The van der Waals surface area contributed by atoms with Gasteiger partial charge in [-0.1, -0.05) is 75.4 Å². The molecular weight excluding hydrogens is 372 g/mol. The van der Waals surface area contributed by atoms with Gasteiger partial charge in [-0.3, -0.25) is 9.59 Å². The second-order valence-electron chi connectivity index (χ2n) is 7.71. The van der Waals surface area contributed by atoms with Gasteiger partial charge in [0.1, 0.15) is 6.04 Å². The van der Waals surface area contributed by atoms with E-state index in [2.05, 4.69) is 48.6 Å². The lowest BCUT2D eigenvalue weighted by Crippen LogP contribution is -2.50. The summed E-state index contributed by atoms with van der Waals surface area (Å²) in [6, 6.07) is 18.2. The third kappa shape index (κ3) is 7.33. The van der Waals surface area contributed by atoms with Crippen LogP contribution in [-0.2, 0) is 28.9 Å². The quantitative estimate of drug-likeness (QED) is 0.560. The number of rotatable bonds is 12. The Morgan fingerprint density at radius 3 is 2.10 bits per heavy atom. The molecule has 0 saturated carbocycles. The van der Waals surface area contributed by atoms with Crippen LogP contribution in [0.1, 0.15) is 56.7 Å². The van der Waals surface area contributed by atoms with E-state index in [1.807, 2.05) is 32.0 Å². The van der Waals surface area contributed by atoms with E-state index in [-0.39, 0.29) is 11.8 Å². The minimum absolute atomic E-state index is 0.0454. The van der Waals surface area contributed by atoms with Crippen LogP contribution in [0.15, 0.2) is 54.6 Å². The van der Waals surface area contributed by atoms with Gasteiger partial charge in [-0.05, 0) is 48.8 Å². The summed E-state index contributed by atoms with van der Waals surface area (Å²) in [5.74, 6) is -0.00272. The molecule has 0 radical (unpaired) electrons. The molecule has 4 nitrogen and oxygen atoms in total. The van der Waals surface area contributed by atoms with Crippen molar-refractivity contribution in [3.05, 3.63) is 71.3 Å². The summed E-state index contributed by atoms with van der Waals surface area (Å²) in [5.41, 5.74) is 3.63. The van der Waals surface area contributed by atoms with Crippen molar-refractivity contribution in [2.45, 2.75) is 65.3 Å². The summed E-state index contributed by atoms with van der Waals surface area (Å²) in [7, 11) is 0. The molecule has 0 aliphatic carbocycles. The van der Waals surface area contributed by atoms with Gasteiger partial charge >= 0.3 is 0 Å². The molecule has 2 aromatic carbocycles. The zero-order chi connectivity index (χ0) is 21.8. The van der Waals surface area contributed by atoms with Crippen LogP contribution in [-0.4, -0.2) is 35.8 Å². The Kier molecular flexibility index (Phi) is 10.1. The summed E-state index contributed by atoms with van der Waals surface area (Å²) in [5, 5.41) is 2.97. The summed E-state index contributed by atoms with van der Waals surface area (Å²) in [6.45, 7) is 7.33. The lowest BCUT2D eigenvalue weighted by atomic mass is 10.0. The third-order valence-electron chi connectivity index (χ3n) is 5.48. The second-order valence-corrected chi connectivity index (χ2v) is 7.71. The van der Waals surface area contributed by atoms with Gasteiger partial charge in [-0.15, -0.1) is 0 Å². The van der Waals surface area contributed by atoms with Crippen molar-refractivity contribution in [1.82, 2.24) is 10.2 Å². The lowest BCUT2D eigenvalue weighted by molar-refractivity contribution is -0.140. The van der Waals surface area contributed by atoms with Gasteiger partial charge in [0, 0.05) is 19.5 Å². The Hall–Kier alpha value is -2.62. The van der Waals surface area contributed by atoms with Crippen LogP contribution < -0.4 is 5.32 Å². The van der Waals surface area contributed by atoms with Crippen LogP contribution in [0.2, 0.25) is 0 Å². The molecule has 0 saturated heterocycles. The Morgan fingerprint density at radius 1 is 0.867 bits per heavy atom. The first-order chi connectivity index (χ1) is 14.6. The van der Waals surface area contributed by atoms with E-state index < -0.39 is 6.04 Å². The van der Waals surface area contributed by atoms with Gasteiger partial charge in [-0.25, -0.2) is 0 Å². The summed E-state index contributed by atoms with van der Waals surface area (Å²) in [4.78, 5) is 27.7. The Labute approximate surface area is 181 Å². The highest BCUT2D eigenvalue weighted by molar-refractivity contribution is 5.87. The maximum Gasteiger partial charge on any atom is 0.242 e. The monoisotopic (exact) mass is 408 g/mol. The second kappa shape index (κ2) is 12.8. The molecule has 0 spiro atoms. The first-order valence-corrected chi connectivity index (χ1v) is 11.3. The molecule has 2 aromatic rings. The maximum atomic E-state index is 13.2. The van der Waals surface area contributed by atoms with Gasteiger partial charge in [0.2, 0.25) is 11.8 Å². The van der Waals surface area contributed by atoms with Gasteiger partial charge in [0.25, 0.3) is 0 Å². The maximum absolute atomic E-state index is 13.2. The number of aryl methyl sites for hydroxylation is 2. The molecule has 162 valence electrons. The van der Waals surface area contributed by atoms with E-state index in [1.165, 1.54) is 11.1 Å². The van der Waals surface area contributed by atoms with E-state index in [9.17, 15) is 9.59 Å². The third-order valence-corrected chi connectivity index (χ3v) is 5.48. The molecule has 0 aromatic heterocycles. The molecule has 0 fully saturated rings. The number of hydrogen-bond donors (Lipinski definition) is 1. The van der Waals surface area contributed by atoms with Gasteiger partial charge < -0.3 is 10.2 Å². The van der Waals surface area contributed by atoms with Crippen molar-refractivity contribution >= 4 is 11.8 Å². The summed E-state index contributed by atoms with van der Waals surface area (Å²) < 4.78 is 0. The number of hydrogen-bond acceptors (Lipinski definition) is 2. The van der Waals surface area contributed by atoms with Crippen molar-refractivity contribution in [2.24, 2.45) is 0 Å². The van der Waals surface area contributed by atoms with E-state index in [4.69, 9.17) is 0 Å². The Balaban J connectivity index is 2.08. The number of amides is 2. The van der Waals surface area contributed by atoms with E-state index in [0.717, 1.165) is 24.8 Å². The van der Waals surface area contributed by atoms with Crippen molar-refractivity contribution in [3.8, 4) is 0 Å². The SMILES string of the molecule is CCCNC(=O)C(CC)N(CCc1ccccc1)C(=O)CCc1ccc(CC)cc1.